The average Bonchev–Trinajstić information content (AvgIpc) is 3.07. The van der Waals surface area contributed by atoms with Gasteiger partial charge in [-0.3, -0.25) is 4.79 Å². The van der Waals surface area contributed by atoms with Gasteiger partial charge < -0.3 is 19.5 Å². The number of benzene rings is 2. The van der Waals surface area contributed by atoms with Gasteiger partial charge in [0, 0.05) is 38.8 Å². The number of aromatic nitrogens is 2. The van der Waals surface area contributed by atoms with Crippen molar-refractivity contribution in [2.45, 2.75) is 12.8 Å². The molecule has 1 aliphatic heterocycles. The summed E-state index contributed by atoms with van der Waals surface area (Å²) in [6, 6.07) is 15.9. The quantitative estimate of drug-likeness (QED) is 0.670. The Morgan fingerprint density at radius 3 is 2.68 bits per heavy atom. The van der Waals surface area contributed by atoms with Crippen LogP contribution in [-0.2, 0) is 18.2 Å². The fourth-order valence-corrected chi connectivity index (χ4v) is 3.71. The number of amides is 1. The first kappa shape index (κ1) is 18.5. The standard InChI is InChI=1S/C22H26N4O2/c1-25-20-10-5-3-8-18(20)24-21(25)11-6-12-23-22(27)17-7-2-4-9-19(17)26-13-15-28-16-14-26/h2-5,7-10H,6,11-16H2,1H3,(H,23,27). The van der Waals surface area contributed by atoms with E-state index in [4.69, 9.17) is 9.72 Å². The Bertz CT molecular complexity index is 960. The summed E-state index contributed by atoms with van der Waals surface area (Å²) in [6.07, 6.45) is 1.68. The van der Waals surface area contributed by atoms with Gasteiger partial charge in [0.25, 0.3) is 5.91 Å². The van der Waals surface area contributed by atoms with Crippen LogP contribution < -0.4 is 10.2 Å². The van der Waals surface area contributed by atoms with Gasteiger partial charge in [-0.1, -0.05) is 24.3 Å². The molecule has 28 heavy (non-hydrogen) atoms. The molecule has 1 saturated heterocycles. The maximum Gasteiger partial charge on any atom is 0.253 e. The summed E-state index contributed by atoms with van der Waals surface area (Å²) < 4.78 is 7.55. The highest BCUT2D eigenvalue weighted by Gasteiger charge is 2.18. The monoisotopic (exact) mass is 378 g/mol. The first-order valence-corrected chi connectivity index (χ1v) is 9.84. The van der Waals surface area contributed by atoms with Crippen molar-refractivity contribution < 1.29 is 9.53 Å². The van der Waals surface area contributed by atoms with E-state index in [2.05, 4.69) is 20.9 Å². The number of carbonyl (C=O) groups is 1. The Morgan fingerprint density at radius 2 is 1.86 bits per heavy atom. The number of imidazole rings is 1. The SMILES string of the molecule is Cn1c(CCCNC(=O)c2ccccc2N2CCOCC2)nc2ccccc21. The molecule has 1 N–H and O–H groups in total. The van der Waals surface area contributed by atoms with Crippen LogP contribution in [0.4, 0.5) is 5.69 Å². The van der Waals surface area contributed by atoms with Gasteiger partial charge in [0.2, 0.25) is 0 Å². The number of hydrogen-bond donors (Lipinski definition) is 1. The molecule has 6 nitrogen and oxygen atoms in total. The fraction of sp³-hybridized carbons (Fsp3) is 0.364. The van der Waals surface area contributed by atoms with Gasteiger partial charge in [0.1, 0.15) is 5.82 Å². The number of nitrogens with one attached hydrogen (secondary N) is 1. The van der Waals surface area contributed by atoms with Crippen LogP contribution in [0.1, 0.15) is 22.6 Å². The van der Waals surface area contributed by atoms with Crippen molar-refractivity contribution >= 4 is 22.6 Å². The number of fused-ring (bicyclic) bond motifs is 1. The number of nitrogens with zero attached hydrogens (tertiary/aromatic N) is 3. The normalized spacial score (nSPS) is 14.4. The summed E-state index contributed by atoms with van der Waals surface area (Å²) in [5.74, 6) is 1.02. The molecule has 1 fully saturated rings. The van der Waals surface area contributed by atoms with Gasteiger partial charge >= 0.3 is 0 Å². The highest BCUT2D eigenvalue weighted by atomic mass is 16.5. The largest absolute Gasteiger partial charge is 0.378 e. The van der Waals surface area contributed by atoms with E-state index in [1.807, 2.05) is 49.5 Å². The van der Waals surface area contributed by atoms with E-state index >= 15 is 0 Å². The maximum atomic E-state index is 12.7. The van der Waals surface area contributed by atoms with Crippen molar-refractivity contribution in [2.24, 2.45) is 7.05 Å². The minimum Gasteiger partial charge on any atom is -0.378 e. The Balaban J connectivity index is 1.35. The van der Waals surface area contributed by atoms with E-state index in [1.54, 1.807) is 0 Å². The molecule has 1 aliphatic rings. The Morgan fingerprint density at radius 1 is 1.11 bits per heavy atom. The van der Waals surface area contributed by atoms with Crippen LogP contribution in [0.5, 0.6) is 0 Å². The fourth-order valence-electron chi connectivity index (χ4n) is 3.71. The maximum absolute atomic E-state index is 12.7. The van der Waals surface area contributed by atoms with Crippen LogP contribution in [0.25, 0.3) is 11.0 Å². The topological polar surface area (TPSA) is 59.4 Å². The molecule has 1 aromatic heterocycles. The second-order valence-electron chi connectivity index (χ2n) is 7.05. The van der Waals surface area contributed by atoms with Gasteiger partial charge in [0.05, 0.1) is 29.8 Å². The summed E-state index contributed by atoms with van der Waals surface area (Å²) >= 11 is 0. The second kappa shape index (κ2) is 8.44. The van der Waals surface area contributed by atoms with Gasteiger partial charge in [-0.2, -0.15) is 0 Å². The lowest BCUT2D eigenvalue weighted by Gasteiger charge is -2.30. The molecule has 0 unspecified atom stereocenters. The molecular formula is C22H26N4O2. The molecule has 3 aromatic rings. The number of rotatable bonds is 6. The summed E-state index contributed by atoms with van der Waals surface area (Å²) in [5, 5.41) is 3.07. The lowest BCUT2D eigenvalue weighted by atomic mass is 10.1. The van der Waals surface area contributed by atoms with E-state index in [9.17, 15) is 4.79 Å². The van der Waals surface area contributed by atoms with Crippen LogP contribution in [-0.4, -0.2) is 48.3 Å². The van der Waals surface area contributed by atoms with Crippen LogP contribution in [0.15, 0.2) is 48.5 Å². The zero-order valence-electron chi connectivity index (χ0n) is 16.2. The number of hydrogen-bond acceptors (Lipinski definition) is 4. The predicted molar refractivity (Wildman–Crippen MR) is 111 cm³/mol. The van der Waals surface area contributed by atoms with Crippen molar-refractivity contribution in [3.63, 3.8) is 0 Å². The number of ether oxygens (including phenoxy) is 1. The Kier molecular flexibility index (Phi) is 5.58. The smallest absolute Gasteiger partial charge is 0.253 e. The molecule has 0 atom stereocenters. The third-order valence-corrected chi connectivity index (χ3v) is 5.24. The lowest BCUT2D eigenvalue weighted by molar-refractivity contribution is 0.0951. The third-order valence-electron chi connectivity index (χ3n) is 5.24. The van der Waals surface area contributed by atoms with Crippen molar-refractivity contribution in [3.05, 3.63) is 59.9 Å². The molecule has 1 amide bonds. The Labute approximate surface area is 165 Å². The molecule has 0 spiro atoms. The van der Waals surface area contributed by atoms with Gasteiger partial charge in [-0.25, -0.2) is 4.98 Å². The van der Waals surface area contributed by atoms with Crippen LogP contribution >= 0.6 is 0 Å². The minimum absolute atomic E-state index is 0.0212. The van der Waals surface area contributed by atoms with E-state index < -0.39 is 0 Å². The summed E-state index contributed by atoms with van der Waals surface area (Å²) in [6.45, 7) is 3.66. The minimum atomic E-state index is -0.0212. The number of morpholine rings is 1. The molecule has 0 aliphatic carbocycles. The van der Waals surface area contributed by atoms with E-state index in [-0.39, 0.29) is 5.91 Å². The summed E-state index contributed by atoms with van der Waals surface area (Å²) in [7, 11) is 2.04. The molecule has 2 heterocycles. The molecule has 0 saturated carbocycles. The molecule has 0 bridgehead atoms. The van der Waals surface area contributed by atoms with Crippen LogP contribution in [0.3, 0.4) is 0 Å². The van der Waals surface area contributed by atoms with Gasteiger partial charge in [-0.05, 0) is 30.7 Å². The predicted octanol–water partition coefficient (Wildman–Crippen LogP) is 2.77. The van der Waals surface area contributed by atoms with Crippen molar-refractivity contribution in [1.82, 2.24) is 14.9 Å². The van der Waals surface area contributed by atoms with E-state index in [0.717, 1.165) is 54.0 Å². The zero-order valence-corrected chi connectivity index (χ0v) is 16.2. The van der Waals surface area contributed by atoms with Crippen molar-refractivity contribution in [1.29, 1.82) is 0 Å². The molecule has 2 aromatic carbocycles. The van der Waals surface area contributed by atoms with E-state index in [1.165, 1.54) is 0 Å². The first-order chi connectivity index (χ1) is 13.7. The zero-order chi connectivity index (χ0) is 19.3. The highest BCUT2D eigenvalue weighted by Crippen LogP contribution is 2.21. The number of para-hydroxylation sites is 3. The number of aryl methyl sites for hydroxylation is 2. The highest BCUT2D eigenvalue weighted by molar-refractivity contribution is 5.99. The molecule has 6 heteroatoms. The first-order valence-electron chi connectivity index (χ1n) is 9.84. The lowest BCUT2D eigenvalue weighted by Crippen LogP contribution is -2.38. The summed E-state index contributed by atoms with van der Waals surface area (Å²) in [4.78, 5) is 19.7. The van der Waals surface area contributed by atoms with Crippen molar-refractivity contribution in [3.8, 4) is 0 Å². The van der Waals surface area contributed by atoms with Crippen molar-refractivity contribution in [2.75, 3.05) is 37.7 Å². The Hall–Kier alpha value is -2.86. The molecule has 4 rings (SSSR count). The molecule has 0 radical (unpaired) electrons. The van der Waals surface area contributed by atoms with E-state index in [0.29, 0.717) is 19.8 Å². The van der Waals surface area contributed by atoms with Gasteiger partial charge in [0.15, 0.2) is 0 Å². The third kappa shape index (κ3) is 3.87. The van der Waals surface area contributed by atoms with Gasteiger partial charge in [-0.15, -0.1) is 0 Å². The summed E-state index contributed by atoms with van der Waals surface area (Å²) in [5.41, 5.74) is 3.87. The van der Waals surface area contributed by atoms with Crippen LogP contribution in [0.2, 0.25) is 0 Å². The number of carbonyl (C=O) groups excluding carboxylic acids is 1. The average molecular weight is 378 g/mol. The molecular weight excluding hydrogens is 352 g/mol. The number of anilines is 1. The second-order valence-corrected chi connectivity index (χ2v) is 7.05. The van der Waals surface area contributed by atoms with Crippen LogP contribution in [0, 0.1) is 0 Å². The molecule has 146 valence electrons.